The van der Waals surface area contributed by atoms with Crippen molar-refractivity contribution in [3.63, 3.8) is 0 Å². The summed E-state index contributed by atoms with van der Waals surface area (Å²) in [6.07, 6.45) is 2.04. The monoisotopic (exact) mass is 260 g/mol. The van der Waals surface area contributed by atoms with Crippen LogP contribution in [-0.2, 0) is 28.6 Å². The third-order valence-corrected chi connectivity index (χ3v) is 2.72. The molecule has 1 atom stereocenters. The van der Waals surface area contributed by atoms with E-state index in [0.29, 0.717) is 6.42 Å². The van der Waals surface area contributed by atoms with Crippen molar-refractivity contribution >= 4 is 20.2 Å². The van der Waals surface area contributed by atoms with Gasteiger partial charge in [-0.25, -0.2) is 0 Å². The van der Waals surface area contributed by atoms with Crippen molar-refractivity contribution in [2.45, 2.75) is 25.9 Å². The van der Waals surface area contributed by atoms with Gasteiger partial charge in [0.1, 0.15) is 0 Å². The molecule has 0 aromatic rings. The summed E-state index contributed by atoms with van der Waals surface area (Å²) in [6, 6.07) is 0. The maximum absolute atomic E-state index is 10.8. The first-order valence-electron chi connectivity index (χ1n) is 4.36. The van der Waals surface area contributed by atoms with Crippen molar-refractivity contribution in [3.05, 3.63) is 0 Å². The zero-order valence-corrected chi connectivity index (χ0v) is 10.6. The number of rotatable bonds is 7. The van der Waals surface area contributed by atoms with E-state index in [2.05, 4.69) is 4.18 Å². The molecule has 0 fully saturated rings. The largest absolute Gasteiger partial charge is 0.270 e. The highest BCUT2D eigenvalue weighted by molar-refractivity contribution is 7.86. The van der Waals surface area contributed by atoms with Crippen molar-refractivity contribution in [1.29, 1.82) is 0 Å². The first-order valence-corrected chi connectivity index (χ1v) is 8.00. The smallest absolute Gasteiger partial charge is 0.264 e. The molecule has 0 bridgehead atoms. The van der Waals surface area contributed by atoms with Crippen LogP contribution in [0.1, 0.15) is 19.8 Å². The molecule has 0 aromatic carbocycles. The molecule has 0 aliphatic heterocycles. The maximum atomic E-state index is 10.8. The molecule has 15 heavy (non-hydrogen) atoms. The van der Waals surface area contributed by atoms with Gasteiger partial charge in [0.05, 0.1) is 25.2 Å². The highest BCUT2D eigenvalue weighted by atomic mass is 32.2. The van der Waals surface area contributed by atoms with Crippen molar-refractivity contribution in [2.24, 2.45) is 0 Å². The lowest BCUT2D eigenvalue weighted by Crippen LogP contribution is -2.19. The molecule has 92 valence electrons. The van der Waals surface area contributed by atoms with E-state index < -0.39 is 26.3 Å². The fourth-order valence-corrected chi connectivity index (χ4v) is 2.02. The Balaban J connectivity index is 4.03. The molecule has 0 saturated carbocycles. The van der Waals surface area contributed by atoms with Crippen LogP contribution >= 0.6 is 0 Å². The molecule has 6 nitrogen and oxygen atoms in total. The Bertz CT molecular complexity index is 368. The van der Waals surface area contributed by atoms with Crippen molar-refractivity contribution < 1.29 is 25.2 Å². The third-order valence-electron chi connectivity index (χ3n) is 1.50. The molecule has 0 radical (unpaired) electrons. The quantitative estimate of drug-likeness (QED) is 0.604. The highest BCUT2D eigenvalue weighted by Crippen LogP contribution is 2.07. The molecule has 0 aromatic heterocycles. The molecule has 0 aliphatic carbocycles. The highest BCUT2D eigenvalue weighted by Gasteiger charge is 2.14. The minimum absolute atomic E-state index is 0.0765. The molecule has 0 saturated heterocycles. The predicted molar refractivity (Wildman–Crippen MR) is 55.4 cm³/mol. The Labute approximate surface area is 90.8 Å². The van der Waals surface area contributed by atoms with Crippen molar-refractivity contribution in [1.82, 2.24) is 0 Å². The Morgan fingerprint density at radius 2 is 1.60 bits per heavy atom. The van der Waals surface area contributed by atoms with Crippen LogP contribution in [0.4, 0.5) is 0 Å². The van der Waals surface area contributed by atoms with Crippen LogP contribution in [0.25, 0.3) is 0 Å². The molecule has 0 spiro atoms. The molecule has 0 heterocycles. The van der Waals surface area contributed by atoms with Gasteiger partial charge in [0.2, 0.25) is 0 Å². The molecule has 0 amide bonds. The van der Waals surface area contributed by atoms with Gasteiger partial charge in [0.15, 0.2) is 0 Å². The second kappa shape index (κ2) is 5.78. The van der Waals surface area contributed by atoms with Gasteiger partial charge in [-0.2, -0.15) is 16.8 Å². The first-order chi connectivity index (χ1) is 6.64. The van der Waals surface area contributed by atoms with Crippen LogP contribution in [-0.4, -0.2) is 42.1 Å². The zero-order chi connectivity index (χ0) is 12.1. The van der Waals surface area contributed by atoms with Gasteiger partial charge in [-0.05, 0) is 12.8 Å². The minimum Gasteiger partial charge on any atom is -0.270 e. The van der Waals surface area contributed by atoms with E-state index in [1.54, 1.807) is 6.92 Å². The molecule has 0 N–H and O–H groups in total. The number of hydrogen-bond acceptors (Lipinski definition) is 6. The normalized spacial score (nSPS) is 15.1. The predicted octanol–water partition coefficient (Wildman–Crippen LogP) is 0.108. The summed E-state index contributed by atoms with van der Waals surface area (Å²) >= 11 is 0. The summed E-state index contributed by atoms with van der Waals surface area (Å²) in [5, 5.41) is 0. The summed E-state index contributed by atoms with van der Waals surface area (Å²) < 4.78 is 51.9. The van der Waals surface area contributed by atoms with Gasteiger partial charge in [-0.15, -0.1) is 0 Å². The van der Waals surface area contributed by atoms with Gasteiger partial charge in [-0.3, -0.25) is 8.37 Å². The Morgan fingerprint density at radius 1 is 1.07 bits per heavy atom. The summed E-state index contributed by atoms with van der Waals surface area (Å²) in [5.41, 5.74) is 0. The van der Waals surface area contributed by atoms with Gasteiger partial charge < -0.3 is 0 Å². The van der Waals surface area contributed by atoms with E-state index >= 15 is 0 Å². The molecule has 0 aliphatic rings. The van der Waals surface area contributed by atoms with Gasteiger partial charge >= 0.3 is 0 Å². The average Bonchev–Trinajstić information content (AvgIpc) is 1.97. The Morgan fingerprint density at radius 3 is 1.93 bits per heavy atom. The molecule has 8 heteroatoms. The van der Waals surface area contributed by atoms with Gasteiger partial charge in [-0.1, -0.05) is 6.92 Å². The van der Waals surface area contributed by atoms with Crippen LogP contribution in [0, 0.1) is 0 Å². The Kier molecular flexibility index (Phi) is 5.71. The average molecular weight is 260 g/mol. The van der Waals surface area contributed by atoms with E-state index in [1.165, 1.54) is 0 Å². The minimum atomic E-state index is -3.51. The van der Waals surface area contributed by atoms with Crippen LogP contribution < -0.4 is 0 Å². The summed E-state index contributed by atoms with van der Waals surface area (Å²) in [4.78, 5) is 0. The van der Waals surface area contributed by atoms with E-state index in [-0.39, 0.29) is 13.0 Å². The van der Waals surface area contributed by atoms with Crippen molar-refractivity contribution in [3.8, 4) is 0 Å². The van der Waals surface area contributed by atoms with E-state index in [9.17, 15) is 16.8 Å². The summed E-state index contributed by atoms with van der Waals surface area (Å²) in [7, 11) is -6.98. The van der Waals surface area contributed by atoms with E-state index in [4.69, 9.17) is 4.18 Å². The lowest BCUT2D eigenvalue weighted by molar-refractivity contribution is 0.168. The number of hydrogen-bond donors (Lipinski definition) is 0. The lowest BCUT2D eigenvalue weighted by Gasteiger charge is -2.13. The first kappa shape index (κ1) is 14.8. The van der Waals surface area contributed by atoms with Crippen LogP contribution in [0.2, 0.25) is 0 Å². The van der Waals surface area contributed by atoms with E-state index in [0.717, 1.165) is 12.5 Å². The summed E-state index contributed by atoms with van der Waals surface area (Å²) in [5.74, 6) is 0. The van der Waals surface area contributed by atoms with Gasteiger partial charge in [0.25, 0.3) is 20.2 Å². The second-order valence-electron chi connectivity index (χ2n) is 3.15. The van der Waals surface area contributed by atoms with Gasteiger partial charge in [0, 0.05) is 0 Å². The fourth-order valence-electron chi connectivity index (χ4n) is 0.898. The molecular formula is C7H16O6S2. The molecular weight excluding hydrogens is 244 g/mol. The fraction of sp³-hybridized carbons (Fsp3) is 1.00. The molecule has 1 unspecified atom stereocenters. The van der Waals surface area contributed by atoms with Crippen LogP contribution in [0.5, 0.6) is 0 Å². The van der Waals surface area contributed by atoms with E-state index in [1.807, 2.05) is 0 Å². The van der Waals surface area contributed by atoms with Crippen molar-refractivity contribution in [2.75, 3.05) is 19.1 Å². The van der Waals surface area contributed by atoms with Crippen LogP contribution in [0.3, 0.4) is 0 Å². The van der Waals surface area contributed by atoms with Crippen LogP contribution in [0.15, 0.2) is 0 Å². The topological polar surface area (TPSA) is 86.7 Å². The molecule has 0 rings (SSSR count). The summed E-state index contributed by atoms with van der Waals surface area (Å²) in [6.45, 7) is 1.67. The second-order valence-corrected chi connectivity index (χ2v) is 6.39. The lowest BCUT2D eigenvalue weighted by atomic mass is 10.2. The standard InChI is InChI=1S/C7H16O6S2/c1-4-7(13-15(3,10)11)5-6-12-14(2,8)9/h7H,4-6H2,1-3H3. The zero-order valence-electron chi connectivity index (χ0n) is 8.96. The SMILES string of the molecule is CCC(CCOS(C)(=O)=O)OS(C)(=O)=O. The maximum Gasteiger partial charge on any atom is 0.264 e. The Hall–Kier alpha value is -0.180. The third kappa shape index (κ3) is 10.1.